The summed E-state index contributed by atoms with van der Waals surface area (Å²) in [5, 5.41) is 6.84. The molecule has 0 saturated heterocycles. The first-order valence-corrected chi connectivity index (χ1v) is 22.2. The van der Waals surface area contributed by atoms with Crippen molar-refractivity contribution in [3.05, 3.63) is 194 Å². The van der Waals surface area contributed by atoms with Crippen LogP contribution in [0.4, 0.5) is 0 Å². The standard InChI is InChI=1S/C31H29.C13H8Cl2.C11H17.2ClH.Zr/c1-18-11-20(3)30(21(4)12-18)24-7-9-28-26(15-24)17-27-16-25(8-10-29(27)28)31-22(5)13-19(2)14-23(31)6;14-12-5-1-3-10(8-12)7-11-4-2-6-13(15)9-11;1-5-9-6-7-10(8-9)11(2,3)4;;;/h7-17H,1-6H3;1-6,8-9H;7-9H,5H2,1-4H3;2*1H;/q-1;;-1;;;+2/p-2. The molecule has 0 bridgehead atoms. The third-order valence-corrected chi connectivity index (χ3v) is 12.9. The van der Waals surface area contributed by atoms with Gasteiger partial charge in [-0.15, -0.1) is 39.7 Å². The molecule has 0 aromatic heterocycles. The molecule has 0 fully saturated rings. The van der Waals surface area contributed by atoms with Gasteiger partial charge in [-0.3, -0.25) is 6.08 Å². The third kappa shape index (κ3) is 11.7. The molecule has 308 valence electrons. The molecule has 0 N–H and O–H groups in total. The summed E-state index contributed by atoms with van der Waals surface area (Å²) in [7, 11) is 0. The van der Waals surface area contributed by atoms with Gasteiger partial charge in [0.1, 0.15) is 0 Å². The van der Waals surface area contributed by atoms with Gasteiger partial charge in [0, 0.05) is 0 Å². The van der Waals surface area contributed by atoms with Crippen LogP contribution < -0.4 is 24.8 Å². The van der Waals surface area contributed by atoms with E-state index in [1.807, 2.05) is 36.4 Å². The molecule has 1 aliphatic rings. The summed E-state index contributed by atoms with van der Waals surface area (Å²) < 4.78 is 1.26. The topological polar surface area (TPSA) is 0 Å². The summed E-state index contributed by atoms with van der Waals surface area (Å²) >= 11 is 13.3. The number of hydrogen-bond donors (Lipinski definition) is 0. The Kier molecular flexibility index (Phi) is 17.3. The first-order valence-electron chi connectivity index (χ1n) is 20.2. The van der Waals surface area contributed by atoms with Gasteiger partial charge in [0.2, 0.25) is 0 Å². The number of benzene rings is 6. The van der Waals surface area contributed by atoms with E-state index in [9.17, 15) is 0 Å². The quantitative estimate of drug-likeness (QED) is 0.151. The van der Waals surface area contributed by atoms with Crippen molar-refractivity contribution in [2.24, 2.45) is 11.3 Å². The molecule has 0 radical (unpaired) electrons. The van der Waals surface area contributed by atoms with E-state index in [0.29, 0.717) is 11.3 Å². The average molecular weight is 948 g/mol. The summed E-state index contributed by atoms with van der Waals surface area (Å²) in [4.78, 5) is 0. The Balaban J connectivity index is 0.000000229. The molecule has 5 heteroatoms. The van der Waals surface area contributed by atoms with E-state index in [4.69, 9.17) is 23.2 Å². The van der Waals surface area contributed by atoms with E-state index >= 15 is 0 Å². The second-order valence-corrected chi connectivity index (χ2v) is 19.0. The molecule has 1 aliphatic carbocycles. The van der Waals surface area contributed by atoms with Crippen molar-refractivity contribution in [1.29, 1.82) is 0 Å². The van der Waals surface area contributed by atoms with Crippen molar-refractivity contribution in [1.82, 2.24) is 0 Å². The van der Waals surface area contributed by atoms with E-state index in [1.54, 1.807) is 0 Å². The van der Waals surface area contributed by atoms with Crippen molar-refractivity contribution in [3.8, 4) is 22.3 Å². The molecule has 0 spiro atoms. The zero-order valence-electron chi connectivity index (χ0n) is 36.4. The number of halogens is 4. The van der Waals surface area contributed by atoms with Gasteiger partial charge < -0.3 is 24.8 Å². The zero-order valence-corrected chi connectivity index (χ0v) is 41.9. The van der Waals surface area contributed by atoms with Crippen molar-refractivity contribution >= 4 is 48.0 Å². The average Bonchev–Trinajstić information content (AvgIpc) is 3.79. The Hall–Kier alpha value is -3.42. The van der Waals surface area contributed by atoms with E-state index < -0.39 is 0 Å². The van der Waals surface area contributed by atoms with E-state index in [1.165, 1.54) is 117 Å². The number of hydrogen-bond acceptors (Lipinski definition) is 0. The molecule has 0 nitrogen and oxygen atoms in total. The SMILES string of the molecule is CCC1[C-]=CC(C(C)(C)C)=C1.Cc1cc(C)c(-c2ccc3c(c2)[cH-]c2cc(-c4c(C)cc(C)cc4C)ccc23)c(C)c1.Clc1cccc([C](=[Zr+2])c2cccc(Cl)c2)c1.[Cl-].[Cl-]. The molecular weight excluding hydrogens is 894 g/mol. The zero-order chi connectivity index (χ0) is 41.9. The van der Waals surface area contributed by atoms with Crippen LogP contribution in [-0.4, -0.2) is 3.21 Å². The van der Waals surface area contributed by atoms with Gasteiger partial charge in [-0.05, 0) is 74.9 Å². The van der Waals surface area contributed by atoms with Crippen molar-refractivity contribution in [2.45, 2.75) is 75.7 Å². The minimum absolute atomic E-state index is 0. The predicted octanol–water partition coefficient (Wildman–Crippen LogP) is 10.4. The molecule has 0 saturated carbocycles. The second kappa shape index (κ2) is 21.1. The maximum atomic E-state index is 5.98. The number of rotatable bonds is 5. The first-order chi connectivity index (χ1) is 27.5. The largest absolute Gasteiger partial charge is 1.00 e. The molecule has 0 aliphatic heterocycles. The fraction of sp³-hybridized carbons (Fsp3) is 0.236. The Morgan fingerprint density at radius 2 is 1.03 bits per heavy atom. The number of allylic oxidation sites excluding steroid dienone is 4. The van der Waals surface area contributed by atoms with Gasteiger partial charge in [-0.25, -0.2) is 6.08 Å². The fourth-order valence-electron chi connectivity index (χ4n) is 8.27. The molecule has 7 aromatic carbocycles. The van der Waals surface area contributed by atoms with Crippen LogP contribution in [0.15, 0.2) is 133 Å². The van der Waals surface area contributed by atoms with Gasteiger partial charge in [0.15, 0.2) is 0 Å². The first kappa shape index (κ1) is 49.2. The van der Waals surface area contributed by atoms with E-state index in [-0.39, 0.29) is 24.8 Å². The van der Waals surface area contributed by atoms with Crippen molar-refractivity contribution < 1.29 is 49.0 Å². The van der Waals surface area contributed by atoms with Gasteiger partial charge in [-0.2, -0.15) is 11.6 Å². The van der Waals surface area contributed by atoms with Crippen LogP contribution in [0.25, 0.3) is 43.8 Å². The van der Waals surface area contributed by atoms with E-state index in [0.717, 1.165) is 21.2 Å². The van der Waals surface area contributed by atoms with Gasteiger partial charge in [0.25, 0.3) is 0 Å². The Morgan fingerprint density at radius 3 is 1.37 bits per heavy atom. The second-order valence-electron chi connectivity index (χ2n) is 16.9. The maximum Gasteiger partial charge on any atom is -1.00 e. The molecule has 1 unspecified atom stereocenters. The summed E-state index contributed by atoms with van der Waals surface area (Å²) in [6.45, 7) is 22.2. The Bertz CT molecular complexity index is 2500. The van der Waals surface area contributed by atoms with Crippen LogP contribution in [0.3, 0.4) is 0 Å². The minimum Gasteiger partial charge on any atom is -1.00 e. The Labute approximate surface area is 396 Å². The van der Waals surface area contributed by atoms with Gasteiger partial charge in [-0.1, -0.05) is 116 Å². The Morgan fingerprint density at radius 1 is 0.617 bits per heavy atom. The maximum absolute atomic E-state index is 5.98. The number of aryl methyl sites for hydroxylation is 6. The number of fused-ring (bicyclic) bond motifs is 3. The molecule has 60 heavy (non-hydrogen) atoms. The van der Waals surface area contributed by atoms with Crippen LogP contribution in [0, 0.1) is 59.0 Å². The predicted molar refractivity (Wildman–Crippen MR) is 252 cm³/mol. The van der Waals surface area contributed by atoms with Crippen LogP contribution in [0.2, 0.25) is 10.0 Å². The molecular formula is C55H54Cl4Zr-2. The summed E-state index contributed by atoms with van der Waals surface area (Å²) in [5.74, 6) is 0.573. The van der Waals surface area contributed by atoms with Crippen molar-refractivity contribution in [2.75, 3.05) is 0 Å². The molecule has 7 aromatic rings. The monoisotopic (exact) mass is 944 g/mol. The molecule has 0 heterocycles. The summed E-state index contributed by atoms with van der Waals surface area (Å²) in [6.07, 6.45) is 9.00. The van der Waals surface area contributed by atoms with Crippen LogP contribution in [0.5, 0.6) is 0 Å². The van der Waals surface area contributed by atoms with Crippen LogP contribution in [0.1, 0.15) is 78.6 Å². The van der Waals surface area contributed by atoms with Crippen molar-refractivity contribution in [3.63, 3.8) is 0 Å². The van der Waals surface area contributed by atoms with Crippen LogP contribution >= 0.6 is 23.2 Å². The van der Waals surface area contributed by atoms with Crippen LogP contribution in [-0.2, 0) is 24.2 Å². The van der Waals surface area contributed by atoms with Gasteiger partial charge >= 0.3 is 120 Å². The normalized spacial score (nSPS) is 13.1. The molecule has 0 amide bonds. The molecule has 8 rings (SSSR count). The molecule has 1 atom stereocenters. The fourth-order valence-corrected chi connectivity index (χ4v) is 9.42. The van der Waals surface area contributed by atoms with E-state index in [2.05, 4.69) is 166 Å². The third-order valence-electron chi connectivity index (χ3n) is 11.0. The smallest absolute Gasteiger partial charge is 1.00 e. The minimum atomic E-state index is 0. The summed E-state index contributed by atoms with van der Waals surface area (Å²) in [6, 6.07) is 41.2. The van der Waals surface area contributed by atoms with Gasteiger partial charge in [0.05, 0.1) is 0 Å². The summed E-state index contributed by atoms with van der Waals surface area (Å²) in [5.41, 5.74) is 17.4.